The first-order chi connectivity index (χ1) is 17.7. The first kappa shape index (κ1) is 26.3. The third-order valence-electron chi connectivity index (χ3n) is 6.35. The molecule has 192 valence electrons. The van der Waals surface area contributed by atoms with Crippen molar-refractivity contribution in [2.75, 3.05) is 28.8 Å². The number of nitrogens with one attached hydrogen (secondary N) is 2. The average molecular weight is 516 g/mol. The summed E-state index contributed by atoms with van der Waals surface area (Å²) in [5.41, 5.74) is 9.43. The molecule has 0 spiro atoms. The van der Waals surface area contributed by atoms with Crippen molar-refractivity contribution in [3.8, 4) is 0 Å². The minimum Gasteiger partial charge on any atom is -0.374 e. The summed E-state index contributed by atoms with van der Waals surface area (Å²) in [6, 6.07) is 19.7. The molecule has 1 heterocycles. The second-order valence-electron chi connectivity index (χ2n) is 9.19. The van der Waals surface area contributed by atoms with Crippen molar-refractivity contribution in [2.45, 2.75) is 44.8 Å². The predicted molar refractivity (Wildman–Crippen MR) is 154 cm³/mol. The molecule has 37 heavy (non-hydrogen) atoms. The number of carbonyl (C=O) groups excluding carboxylic acids is 2. The Morgan fingerprint density at radius 3 is 2.57 bits per heavy atom. The molecule has 3 aromatic carbocycles. The zero-order chi connectivity index (χ0) is 26.7. The minimum atomic E-state index is -0.574. The van der Waals surface area contributed by atoms with Crippen LogP contribution in [0.1, 0.15) is 30.5 Å². The van der Waals surface area contributed by atoms with Crippen LogP contribution in [0.4, 0.5) is 22.7 Å². The molecule has 2 N–H and O–H groups in total. The molecule has 7 nitrogen and oxygen atoms in total. The molecular weight excluding hydrogens is 482 g/mol. The van der Waals surface area contributed by atoms with E-state index < -0.39 is 5.25 Å². The molecule has 3 aromatic rings. The maximum atomic E-state index is 13.8. The highest BCUT2D eigenvalue weighted by Gasteiger charge is 2.40. The molecule has 1 aliphatic heterocycles. The van der Waals surface area contributed by atoms with Crippen molar-refractivity contribution in [2.24, 2.45) is 4.99 Å². The molecule has 0 radical (unpaired) electrons. The molecule has 0 saturated carbocycles. The van der Waals surface area contributed by atoms with Crippen molar-refractivity contribution < 1.29 is 9.59 Å². The van der Waals surface area contributed by atoms with Crippen LogP contribution in [0.15, 0.2) is 70.6 Å². The number of hydrogen-bond donors (Lipinski definition) is 2. The lowest BCUT2D eigenvalue weighted by Crippen LogP contribution is -2.35. The highest BCUT2D eigenvalue weighted by atomic mass is 32.2. The standard InChI is InChI=1S/C29H33N5O2S/c1-7-33(6)24-13-8-9-14-25(24)37-27-28(32-34(29(27)36)22-12-10-11-18(2)17-22)31-26-19(3)15-16-23(20(26)4)30-21(5)35/h8-17,27H,7H2,1-6H3,(H,30,35)(H,31,32). The summed E-state index contributed by atoms with van der Waals surface area (Å²) in [7, 11) is 2.04. The third kappa shape index (κ3) is 5.64. The number of hydrazine groups is 1. The van der Waals surface area contributed by atoms with Gasteiger partial charge in [-0.3, -0.25) is 15.0 Å². The quantitative estimate of drug-likeness (QED) is 0.418. The summed E-state index contributed by atoms with van der Waals surface area (Å²) in [6.45, 7) is 10.3. The first-order valence-corrected chi connectivity index (χ1v) is 13.2. The van der Waals surface area contributed by atoms with Gasteiger partial charge < -0.3 is 10.2 Å². The fourth-order valence-corrected chi connectivity index (χ4v) is 5.41. The summed E-state index contributed by atoms with van der Waals surface area (Å²) in [4.78, 5) is 33.7. The maximum Gasteiger partial charge on any atom is 0.266 e. The molecule has 1 fully saturated rings. The summed E-state index contributed by atoms with van der Waals surface area (Å²) < 4.78 is 0. The topological polar surface area (TPSA) is 77.0 Å². The number of hydrogen-bond acceptors (Lipinski definition) is 5. The lowest BCUT2D eigenvalue weighted by molar-refractivity contribution is -0.116. The van der Waals surface area contributed by atoms with Crippen molar-refractivity contribution in [1.82, 2.24) is 5.43 Å². The van der Waals surface area contributed by atoms with Crippen LogP contribution in [0.5, 0.6) is 0 Å². The van der Waals surface area contributed by atoms with E-state index in [-0.39, 0.29) is 11.8 Å². The van der Waals surface area contributed by atoms with Crippen LogP contribution in [0, 0.1) is 20.8 Å². The molecule has 0 aromatic heterocycles. The van der Waals surface area contributed by atoms with Crippen LogP contribution in [0.25, 0.3) is 0 Å². The Hall–Kier alpha value is -3.78. The van der Waals surface area contributed by atoms with Crippen LogP contribution < -0.4 is 20.7 Å². The van der Waals surface area contributed by atoms with Gasteiger partial charge in [-0.2, -0.15) is 0 Å². The molecule has 8 heteroatoms. The predicted octanol–water partition coefficient (Wildman–Crippen LogP) is 5.77. The van der Waals surface area contributed by atoms with Gasteiger partial charge in [0.05, 0.1) is 17.1 Å². The molecular formula is C29H33N5O2S. The zero-order valence-corrected chi connectivity index (χ0v) is 22.9. The third-order valence-corrected chi connectivity index (χ3v) is 7.61. The summed E-state index contributed by atoms with van der Waals surface area (Å²) in [6.07, 6.45) is 0. The number of thioether (sulfide) groups is 1. The Bertz CT molecular complexity index is 1370. The van der Waals surface area contributed by atoms with E-state index in [4.69, 9.17) is 4.99 Å². The van der Waals surface area contributed by atoms with Crippen LogP contribution in [-0.4, -0.2) is 36.5 Å². The van der Waals surface area contributed by atoms with Crippen molar-refractivity contribution in [1.29, 1.82) is 0 Å². The lowest BCUT2D eigenvalue weighted by atomic mass is 10.1. The van der Waals surface area contributed by atoms with Gasteiger partial charge in [-0.25, -0.2) is 10.0 Å². The summed E-state index contributed by atoms with van der Waals surface area (Å²) in [5.74, 6) is 0.323. The largest absolute Gasteiger partial charge is 0.374 e. The highest BCUT2D eigenvalue weighted by molar-refractivity contribution is 8.01. The van der Waals surface area contributed by atoms with Crippen LogP contribution in [-0.2, 0) is 9.59 Å². The Balaban J connectivity index is 1.81. The SMILES string of the molecule is CCN(C)c1ccccc1SC1C(=O)N(c2cccc(C)c2)NC1=Nc1c(C)ccc(NC(C)=O)c1C. The van der Waals surface area contributed by atoms with E-state index in [1.54, 1.807) is 5.01 Å². The van der Waals surface area contributed by atoms with E-state index in [9.17, 15) is 9.59 Å². The van der Waals surface area contributed by atoms with Gasteiger partial charge in [-0.15, -0.1) is 11.8 Å². The molecule has 1 aliphatic rings. The minimum absolute atomic E-state index is 0.0865. The summed E-state index contributed by atoms with van der Waals surface area (Å²) in [5, 5.41) is 3.88. The number of carbonyl (C=O) groups is 2. The van der Waals surface area contributed by atoms with Gasteiger partial charge >= 0.3 is 0 Å². The monoisotopic (exact) mass is 515 g/mol. The van der Waals surface area contributed by atoms with Crippen LogP contribution >= 0.6 is 11.8 Å². The molecule has 0 aliphatic carbocycles. The second kappa shape index (κ2) is 11.1. The average Bonchev–Trinajstić information content (AvgIpc) is 3.18. The number of amidine groups is 1. The van der Waals surface area contributed by atoms with Gasteiger partial charge in [-0.1, -0.05) is 30.3 Å². The smallest absolute Gasteiger partial charge is 0.266 e. The number of amides is 2. The zero-order valence-electron chi connectivity index (χ0n) is 22.1. The number of rotatable bonds is 7. The normalized spacial score (nSPS) is 16.2. The van der Waals surface area contributed by atoms with Gasteiger partial charge in [-0.05, 0) is 74.7 Å². The molecule has 4 rings (SSSR count). The molecule has 0 bridgehead atoms. The highest BCUT2D eigenvalue weighted by Crippen LogP contribution is 2.38. The van der Waals surface area contributed by atoms with Crippen molar-refractivity contribution >= 4 is 52.2 Å². The van der Waals surface area contributed by atoms with E-state index in [0.29, 0.717) is 11.5 Å². The fraction of sp³-hybridized carbons (Fsp3) is 0.276. The van der Waals surface area contributed by atoms with Crippen LogP contribution in [0.3, 0.4) is 0 Å². The molecule has 1 saturated heterocycles. The van der Waals surface area contributed by atoms with Crippen molar-refractivity contribution in [3.05, 3.63) is 77.4 Å². The second-order valence-corrected chi connectivity index (χ2v) is 10.3. The van der Waals surface area contributed by atoms with E-state index in [1.165, 1.54) is 18.7 Å². The van der Waals surface area contributed by atoms with Gasteiger partial charge in [0.15, 0.2) is 0 Å². The number of nitrogens with zero attached hydrogens (tertiary/aromatic N) is 3. The van der Waals surface area contributed by atoms with E-state index >= 15 is 0 Å². The molecule has 1 atom stereocenters. The Morgan fingerprint density at radius 1 is 1.11 bits per heavy atom. The Labute approximate surface area is 222 Å². The van der Waals surface area contributed by atoms with Crippen LogP contribution in [0.2, 0.25) is 0 Å². The van der Waals surface area contributed by atoms with Gasteiger partial charge in [0, 0.05) is 31.1 Å². The number of benzene rings is 3. The number of aliphatic imine (C=N–C) groups is 1. The van der Waals surface area contributed by atoms with E-state index in [2.05, 4.69) is 28.6 Å². The Morgan fingerprint density at radius 2 is 1.86 bits per heavy atom. The van der Waals surface area contributed by atoms with E-state index in [1.807, 2.05) is 82.4 Å². The van der Waals surface area contributed by atoms with E-state index in [0.717, 1.165) is 45.2 Å². The molecule has 1 unspecified atom stereocenters. The summed E-state index contributed by atoms with van der Waals surface area (Å²) >= 11 is 1.49. The first-order valence-electron chi connectivity index (χ1n) is 12.3. The number of anilines is 3. The maximum absolute atomic E-state index is 13.8. The molecule has 2 amide bonds. The lowest BCUT2D eigenvalue weighted by Gasteiger charge is -2.21. The number of aryl methyl sites for hydroxylation is 2. The fourth-order valence-electron chi connectivity index (χ4n) is 4.23. The van der Waals surface area contributed by atoms with Gasteiger partial charge in [0.1, 0.15) is 11.1 Å². The Kier molecular flexibility index (Phi) is 7.88. The van der Waals surface area contributed by atoms with Gasteiger partial charge in [0.2, 0.25) is 5.91 Å². The van der Waals surface area contributed by atoms with Crippen molar-refractivity contribution in [3.63, 3.8) is 0 Å². The van der Waals surface area contributed by atoms with Gasteiger partial charge in [0.25, 0.3) is 5.91 Å². The number of para-hydroxylation sites is 1.